The van der Waals surface area contributed by atoms with Gasteiger partial charge in [0.25, 0.3) is 5.90 Å². The molecule has 0 radical (unpaired) electrons. The average molecular weight is 310 g/mol. The molecule has 0 bridgehead atoms. The highest BCUT2D eigenvalue weighted by Crippen LogP contribution is 2.13. The number of aldehydes is 1. The van der Waals surface area contributed by atoms with Crippen molar-refractivity contribution in [2.75, 3.05) is 6.61 Å². The molecule has 0 saturated carbocycles. The van der Waals surface area contributed by atoms with Crippen LogP contribution in [0.2, 0.25) is 0 Å². The van der Waals surface area contributed by atoms with Crippen LogP contribution in [0.25, 0.3) is 10.9 Å². The summed E-state index contributed by atoms with van der Waals surface area (Å²) in [5, 5.41) is 10.2. The smallest absolute Gasteiger partial charge is 0.255 e. The van der Waals surface area contributed by atoms with Gasteiger partial charge in [-0.15, -0.1) is 0 Å². The molecule has 3 heterocycles. The fraction of sp³-hybridized carbons (Fsp3) is 0.118. The Hall–Kier alpha value is -2.99. The van der Waals surface area contributed by atoms with E-state index in [0.29, 0.717) is 12.0 Å². The Morgan fingerprint density at radius 2 is 1.96 bits per heavy atom. The summed E-state index contributed by atoms with van der Waals surface area (Å²) in [6, 6.07) is 15.2. The zero-order valence-electron chi connectivity index (χ0n) is 12.1. The number of furan rings is 1. The van der Waals surface area contributed by atoms with E-state index in [1.807, 2.05) is 30.5 Å². The van der Waals surface area contributed by atoms with Crippen molar-refractivity contribution in [3.05, 3.63) is 66.2 Å². The van der Waals surface area contributed by atoms with Gasteiger partial charge in [0.15, 0.2) is 24.0 Å². The highest BCUT2D eigenvalue weighted by atomic mass is 16.5. The van der Waals surface area contributed by atoms with Crippen LogP contribution in [0.1, 0.15) is 16.3 Å². The van der Waals surface area contributed by atoms with Gasteiger partial charge in [0.2, 0.25) is 0 Å². The summed E-state index contributed by atoms with van der Waals surface area (Å²) in [5.74, 6) is 0.807. The normalized spacial score (nSPS) is 16.2. The highest BCUT2D eigenvalue weighted by Gasteiger charge is 2.20. The molecule has 1 aliphatic rings. The number of carbonyl (C=O) groups excluding carboxylic acids is 1. The van der Waals surface area contributed by atoms with Crippen molar-refractivity contribution in [1.82, 2.24) is 4.98 Å². The van der Waals surface area contributed by atoms with E-state index >= 15 is 0 Å². The number of ether oxygens (including phenoxy) is 1. The van der Waals surface area contributed by atoms with Gasteiger partial charge in [0.1, 0.15) is 6.61 Å². The van der Waals surface area contributed by atoms with Crippen LogP contribution in [0.3, 0.4) is 0 Å². The highest BCUT2D eigenvalue weighted by molar-refractivity contribution is 5.93. The van der Waals surface area contributed by atoms with E-state index in [2.05, 4.69) is 22.1 Å². The van der Waals surface area contributed by atoms with Crippen molar-refractivity contribution < 1.29 is 19.1 Å². The van der Waals surface area contributed by atoms with Crippen LogP contribution in [0.15, 0.2) is 64.1 Å². The number of fused-ring (bicyclic) bond motifs is 1. The Balaban J connectivity index is 0.000000140. The van der Waals surface area contributed by atoms with Crippen molar-refractivity contribution >= 4 is 23.1 Å². The fourth-order valence-corrected chi connectivity index (χ4v) is 2.05. The number of hydrogen-bond acceptors (Lipinski definition) is 6. The lowest BCUT2D eigenvalue weighted by Crippen LogP contribution is -2.03. The molecule has 0 aliphatic carbocycles. The van der Waals surface area contributed by atoms with Gasteiger partial charge in [0.05, 0.1) is 5.52 Å². The van der Waals surface area contributed by atoms with Crippen molar-refractivity contribution in [3.8, 4) is 0 Å². The fourth-order valence-electron chi connectivity index (χ4n) is 2.05. The van der Waals surface area contributed by atoms with Crippen LogP contribution in [0.5, 0.6) is 0 Å². The van der Waals surface area contributed by atoms with Gasteiger partial charge in [-0.3, -0.25) is 9.78 Å². The number of aromatic nitrogens is 1. The predicted octanol–water partition coefficient (Wildman–Crippen LogP) is 2.42. The molecular weight excluding hydrogens is 296 g/mol. The molecule has 4 rings (SSSR count). The number of carbonyl (C=O) groups is 1. The van der Waals surface area contributed by atoms with E-state index in [0.717, 1.165) is 5.52 Å². The standard InChI is InChI=1S/C9H7N.C8H7NO4/c1-2-6-9-8(4-1)5-3-7-10-9;10-3-5-1-2-6(13-5)8-9-7(11)4-12-8/h1-7H;1-3,7,11H,4H2. The molecule has 1 unspecified atom stereocenters. The Kier molecular flexibility index (Phi) is 4.44. The first kappa shape index (κ1) is 14.9. The average Bonchev–Trinajstić information content (AvgIpc) is 3.24. The number of aliphatic imine (C=N–C) groups is 1. The van der Waals surface area contributed by atoms with E-state index < -0.39 is 6.23 Å². The van der Waals surface area contributed by atoms with Gasteiger partial charge in [-0.2, -0.15) is 0 Å². The number of hydrogen-bond donors (Lipinski definition) is 1. The van der Waals surface area contributed by atoms with Gasteiger partial charge in [-0.05, 0) is 24.3 Å². The Morgan fingerprint density at radius 3 is 2.65 bits per heavy atom. The quantitative estimate of drug-likeness (QED) is 0.735. The zero-order valence-corrected chi connectivity index (χ0v) is 12.1. The van der Waals surface area contributed by atoms with E-state index in [-0.39, 0.29) is 18.3 Å². The van der Waals surface area contributed by atoms with Crippen LogP contribution in [0, 0.1) is 0 Å². The molecule has 23 heavy (non-hydrogen) atoms. The molecule has 0 spiro atoms. The number of aliphatic hydroxyl groups is 1. The summed E-state index contributed by atoms with van der Waals surface area (Å²) in [5.41, 5.74) is 1.06. The van der Waals surface area contributed by atoms with Gasteiger partial charge in [-0.1, -0.05) is 24.3 Å². The first-order valence-electron chi connectivity index (χ1n) is 7.00. The summed E-state index contributed by atoms with van der Waals surface area (Å²) >= 11 is 0. The Labute approximate surface area is 132 Å². The Bertz CT molecular complexity index is 776. The third-order valence-corrected chi connectivity index (χ3v) is 3.10. The molecule has 3 aromatic rings. The molecule has 1 atom stereocenters. The molecule has 0 saturated heterocycles. The summed E-state index contributed by atoms with van der Waals surface area (Å²) < 4.78 is 10.0. The van der Waals surface area contributed by atoms with Gasteiger partial charge in [-0.25, -0.2) is 4.99 Å². The van der Waals surface area contributed by atoms with E-state index in [1.54, 1.807) is 6.07 Å². The molecule has 0 fully saturated rings. The second kappa shape index (κ2) is 6.85. The number of para-hydroxylation sites is 1. The van der Waals surface area contributed by atoms with E-state index in [1.165, 1.54) is 11.5 Å². The largest absolute Gasteiger partial charge is 0.470 e. The number of nitrogens with zero attached hydrogens (tertiary/aromatic N) is 2. The molecule has 6 nitrogen and oxygen atoms in total. The lowest BCUT2D eigenvalue weighted by atomic mass is 10.2. The molecular formula is C17H14N2O4. The molecule has 1 N–H and O–H groups in total. The summed E-state index contributed by atoms with van der Waals surface area (Å²) in [4.78, 5) is 18.2. The predicted molar refractivity (Wildman–Crippen MR) is 84.3 cm³/mol. The Morgan fingerprint density at radius 1 is 1.13 bits per heavy atom. The third-order valence-electron chi connectivity index (χ3n) is 3.10. The molecule has 2 aromatic heterocycles. The number of pyridine rings is 1. The van der Waals surface area contributed by atoms with Gasteiger partial charge < -0.3 is 14.3 Å². The lowest BCUT2D eigenvalue weighted by molar-refractivity contribution is 0.109. The van der Waals surface area contributed by atoms with Gasteiger partial charge in [0, 0.05) is 11.6 Å². The van der Waals surface area contributed by atoms with Crippen molar-refractivity contribution in [3.63, 3.8) is 0 Å². The summed E-state index contributed by atoms with van der Waals surface area (Å²) in [7, 11) is 0. The topological polar surface area (TPSA) is 84.9 Å². The minimum absolute atomic E-state index is 0.131. The van der Waals surface area contributed by atoms with Crippen molar-refractivity contribution in [2.24, 2.45) is 4.99 Å². The van der Waals surface area contributed by atoms with Crippen LogP contribution in [0.4, 0.5) is 0 Å². The van der Waals surface area contributed by atoms with E-state index in [4.69, 9.17) is 14.3 Å². The number of benzene rings is 1. The SMILES string of the molecule is O=Cc1ccc(C2=NC(O)CO2)o1.c1ccc2ncccc2c1. The minimum Gasteiger partial charge on any atom is -0.470 e. The third kappa shape index (κ3) is 3.61. The molecule has 1 aliphatic heterocycles. The summed E-state index contributed by atoms with van der Waals surface area (Å²) in [6.07, 6.45) is 1.57. The molecule has 0 amide bonds. The number of rotatable bonds is 2. The van der Waals surface area contributed by atoms with Crippen LogP contribution >= 0.6 is 0 Å². The molecule has 6 heteroatoms. The first-order valence-corrected chi connectivity index (χ1v) is 7.00. The maximum absolute atomic E-state index is 10.3. The second-order valence-electron chi connectivity index (χ2n) is 4.74. The van der Waals surface area contributed by atoms with E-state index in [9.17, 15) is 4.79 Å². The molecule has 1 aromatic carbocycles. The number of aliphatic hydroxyl groups excluding tert-OH is 1. The lowest BCUT2D eigenvalue weighted by Gasteiger charge is -1.94. The minimum atomic E-state index is -0.834. The maximum Gasteiger partial charge on any atom is 0.255 e. The van der Waals surface area contributed by atoms with Crippen molar-refractivity contribution in [1.29, 1.82) is 0 Å². The second-order valence-corrected chi connectivity index (χ2v) is 4.74. The van der Waals surface area contributed by atoms with Gasteiger partial charge >= 0.3 is 0 Å². The monoisotopic (exact) mass is 310 g/mol. The van der Waals surface area contributed by atoms with Crippen molar-refractivity contribution in [2.45, 2.75) is 6.23 Å². The molecule has 116 valence electrons. The van der Waals surface area contributed by atoms with Crippen LogP contribution < -0.4 is 0 Å². The maximum atomic E-state index is 10.3. The summed E-state index contributed by atoms with van der Waals surface area (Å²) in [6.45, 7) is 0.131. The van der Waals surface area contributed by atoms with Crippen LogP contribution in [-0.2, 0) is 4.74 Å². The zero-order chi connectivity index (χ0) is 16.1. The van der Waals surface area contributed by atoms with Crippen LogP contribution in [-0.4, -0.2) is 35.1 Å². The first-order chi connectivity index (χ1) is 11.3.